The Balaban J connectivity index is 1.94. The van der Waals surface area contributed by atoms with Gasteiger partial charge in [-0.05, 0) is 29.1 Å². The molecule has 0 spiro atoms. The highest BCUT2D eigenvalue weighted by Gasteiger charge is 2.18. The van der Waals surface area contributed by atoms with Gasteiger partial charge in [0.1, 0.15) is 0 Å². The van der Waals surface area contributed by atoms with Crippen LogP contribution in [0.1, 0.15) is 11.1 Å². The maximum atomic E-state index is 6.02. The van der Waals surface area contributed by atoms with Crippen LogP contribution in [-0.2, 0) is 6.42 Å². The molecule has 4 rings (SSSR count). The molecule has 0 saturated carbocycles. The van der Waals surface area contributed by atoms with E-state index >= 15 is 0 Å². The lowest BCUT2D eigenvalue weighted by Crippen LogP contribution is -2.06. The molecule has 0 aliphatic rings. The van der Waals surface area contributed by atoms with Gasteiger partial charge in [-0.3, -0.25) is 4.98 Å². The van der Waals surface area contributed by atoms with Crippen molar-refractivity contribution in [1.29, 1.82) is 0 Å². The summed E-state index contributed by atoms with van der Waals surface area (Å²) in [6.07, 6.45) is 2.49. The van der Waals surface area contributed by atoms with Crippen LogP contribution in [0.25, 0.3) is 22.6 Å². The maximum Gasteiger partial charge on any atom is 0.221 e. The van der Waals surface area contributed by atoms with Gasteiger partial charge in [0.15, 0.2) is 0 Å². The first-order valence-corrected chi connectivity index (χ1v) is 8.90. The van der Waals surface area contributed by atoms with Crippen LogP contribution in [0, 0.1) is 0 Å². The molecule has 25 heavy (non-hydrogen) atoms. The van der Waals surface area contributed by atoms with Gasteiger partial charge in [-0.2, -0.15) is 11.3 Å². The van der Waals surface area contributed by atoms with Crippen molar-refractivity contribution in [1.82, 2.24) is 15.0 Å². The third-order valence-electron chi connectivity index (χ3n) is 3.95. The molecule has 4 nitrogen and oxygen atoms in total. The van der Waals surface area contributed by atoms with Crippen LogP contribution >= 0.6 is 11.3 Å². The maximum absolute atomic E-state index is 6.02. The average Bonchev–Trinajstić information content (AvgIpc) is 3.19. The molecule has 122 valence electrons. The highest BCUT2D eigenvalue weighted by atomic mass is 32.1. The van der Waals surface area contributed by atoms with Crippen LogP contribution in [0.4, 0.5) is 5.95 Å². The van der Waals surface area contributed by atoms with Crippen molar-refractivity contribution in [2.75, 3.05) is 5.73 Å². The number of nitrogens with zero attached hydrogens (tertiary/aromatic N) is 3. The molecule has 0 atom stereocenters. The lowest BCUT2D eigenvalue weighted by atomic mass is 9.97. The van der Waals surface area contributed by atoms with Crippen LogP contribution < -0.4 is 5.73 Å². The van der Waals surface area contributed by atoms with E-state index in [0.717, 1.165) is 34.6 Å². The van der Waals surface area contributed by atoms with Gasteiger partial charge in [0.05, 0.1) is 17.1 Å². The van der Waals surface area contributed by atoms with Gasteiger partial charge in [0.25, 0.3) is 0 Å². The minimum atomic E-state index is 0.263. The van der Waals surface area contributed by atoms with Gasteiger partial charge in [0, 0.05) is 29.1 Å². The second kappa shape index (κ2) is 6.83. The molecule has 0 saturated heterocycles. The summed E-state index contributed by atoms with van der Waals surface area (Å²) in [6.45, 7) is 0. The van der Waals surface area contributed by atoms with Gasteiger partial charge in [-0.15, -0.1) is 0 Å². The zero-order valence-corrected chi connectivity index (χ0v) is 14.3. The predicted molar refractivity (Wildman–Crippen MR) is 102 cm³/mol. The molecule has 0 fully saturated rings. The Morgan fingerprint density at radius 2 is 1.68 bits per heavy atom. The Labute approximate surface area is 150 Å². The quantitative estimate of drug-likeness (QED) is 0.594. The van der Waals surface area contributed by atoms with Crippen molar-refractivity contribution in [2.24, 2.45) is 0 Å². The number of nitrogens with two attached hydrogens (primary N) is 1. The lowest BCUT2D eigenvalue weighted by molar-refractivity contribution is 1.08. The van der Waals surface area contributed by atoms with Crippen LogP contribution in [0.15, 0.2) is 71.6 Å². The molecule has 0 aliphatic carbocycles. The average molecular weight is 344 g/mol. The summed E-state index contributed by atoms with van der Waals surface area (Å²) in [5.74, 6) is 0.263. The minimum Gasteiger partial charge on any atom is -0.368 e. The third kappa shape index (κ3) is 3.27. The van der Waals surface area contributed by atoms with Crippen molar-refractivity contribution in [2.45, 2.75) is 6.42 Å². The molecule has 0 unspecified atom stereocenters. The van der Waals surface area contributed by atoms with Crippen molar-refractivity contribution in [3.8, 4) is 22.6 Å². The van der Waals surface area contributed by atoms with Gasteiger partial charge >= 0.3 is 0 Å². The standard InChI is InChI=1S/C20H16N4S/c21-20-23-18(15-9-11-25-13-15)16(12-14-6-2-1-3-7-14)19(24-20)17-8-4-5-10-22-17/h1-11,13H,12H2,(H2,21,23,24). The Morgan fingerprint density at radius 3 is 2.40 bits per heavy atom. The molecular formula is C20H16N4S. The Hall–Kier alpha value is -3.05. The Bertz CT molecular complexity index is 968. The number of benzene rings is 1. The molecule has 1 aromatic carbocycles. The number of hydrogen-bond acceptors (Lipinski definition) is 5. The minimum absolute atomic E-state index is 0.263. The zero-order chi connectivity index (χ0) is 17.1. The predicted octanol–water partition coefficient (Wildman–Crippen LogP) is 4.44. The lowest BCUT2D eigenvalue weighted by Gasteiger charge is -2.14. The summed E-state index contributed by atoms with van der Waals surface area (Å²) in [6, 6.07) is 18.2. The van der Waals surface area contributed by atoms with Gasteiger partial charge in [-0.25, -0.2) is 9.97 Å². The Morgan fingerprint density at radius 1 is 0.880 bits per heavy atom. The van der Waals surface area contributed by atoms with E-state index in [9.17, 15) is 0 Å². The van der Waals surface area contributed by atoms with Crippen molar-refractivity contribution < 1.29 is 0 Å². The molecule has 4 aromatic rings. The van der Waals surface area contributed by atoms with Crippen LogP contribution in [0.2, 0.25) is 0 Å². The molecule has 3 aromatic heterocycles. The van der Waals surface area contributed by atoms with Crippen molar-refractivity contribution in [3.05, 3.63) is 82.7 Å². The SMILES string of the molecule is Nc1nc(-c2ccsc2)c(Cc2ccccc2)c(-c2ccccn2)n1. The first-order chi connectivity index (χ1) is 12.3. The van der Waals surface area contributed by atoms with E-state index in [4.69, 9.17) is 5.73 Å². The largest absolute Gasteiger partial charge is 0.368 e. The molecule has 0 radical (unpaired) electrons. The smallest absolute Gasteiger partial charge is 0.221 e. The topological polar surface area (TPSA) is 64.7 Å². The molecule has 0 amide bonds. The molecule has 3 heterocycles. The summed E-state index contributed by atoms with van der Waals surface area (Å²) in [5, 5.41) is 4.12. The number of aromatic nitrogens is 3. The fourth-order valence-electron chi connectivity index (χ4n) is 2.82. The van der Waals surface area contributed by atoms with E-state index in [1.165, 1.54) is 5.56 Å². The molecule has 2 N–H and O–H groups in total. The van der Waals surface area contributed by atoms with E-state index in [-0.39, 0.29) is 5.95 Å². The summed E-state index contributed by atoms with van der Waals surface area (Å²) < 4.78 is 0. The van der Waals surface area contributed by atoms with E-state index in [0.29, 0.717) is 0 Å². The van der Waals surface area contributed by atoms with Gasteiger partial charge < -0.3 is 5.73 Å². The number of pyridine rings is 1. The van der Waals surface area contributed by atoms with E-state index < -0.39 is 0 Å². The zero-order valence-electron chi connectivity index (χ0n) is 13.5. The highest BCUT2D eigenvalue weighted by Crippen LogP contribution is 2.32. The number of thiophene rings is 1. The fraction of sp³-hybridized carbons (Fsp3) is 0.0500. The van der Waals surface area contributed by atoms with Crippen molar-refractivity contribution in [3.63, 3.8) is 0 Å². The summed E-state index contributed by atoms with van der Waals surface area (Å²) >= 11 is 1.64. The summed E-state index contributed by atoms with van der Waals surface area (Å²) in [7, 11) is 0. The van der Waals surface area contributed by atoms with Gasteiger partial charge in [0.2, 0.25) is 5.95 Å². The second-order valence-electron chi connectivity index (χ2n) is 5.65. The molecule has 0 aliphatic heterocycles. The fourth-order valence-corrected chi connectivity index (χ4v) is 3.46. The van der Waals surface area contributed by atoms with E-state index in [2.05, 4.69) is 38.5 Å². The van der Waals surface area contributed by atoms with E-state index in [1.54, 1.807) is 17.5 Å². The number of hydrogen-bond donors (Lipinski definition) is 1. The molecule has 0 bridgehead atoms. The molecular weight excluding hydrogens is 328 g/mol. The number of rotatable bonds is 4. The summed E-state index contributed by atoms with van der Waals surface area (Å²) in [4.78, 5) is 13.5. The third-order valence-corrected chi connectivity index (χ3v) is 4.63. The Kier molecular flexibility index (Phi) is 4.23. The normalized spacial score (nSPS) is 10.7. The summed E-state index contributed by atoms with van der Waals surface area (Å²) in [5.41, 5.74) is 11.8. The highest BCUT2D eigenvalue weighted by molar-refractivity contribution is 7.08. The second-order valence-corrected chi connectivity index (χ2v) is 6.43. The van der Waals surface area contributed by atoms with Crippen molar-refractivity contribution >= 4 is 17.3 Å². The monoisotopic (exact) mass is 344 g/mol. The molecule has 5 heteroatoms. The van der Waals surface area contributed by atoms with Crippen LogP contribution in [0.3, 0.4) is 0 Å². The number of anilines is 1. The van der Waals surface area contributed by atoms with Crippen LogP contribution in [-0.4, -0.2) is 15.0 Å². The number of nitrogen functional groups attached to an aromatic ring is 1. The van der Waals surface area contributed by atoms with Crippen LogP contribution in [0.5, 0.6) is 0 Å². The first-order valence-electron chi connectivity index (χ1n) is 7.95. The first kappa shape index (κ1) is 15.5. The van der Waals surface area contributed by atoms with E-state index in [1.807, 2.05) is 41.8 Å². The van der Waals surface area contributed by atoms with Gasteiger partial charge in [-0.1, -0.05) is 36.4 Å².